The largest absolute Gasteiger partial charge is 0.455 e. The molecule has 0 bridgehead atoms. The van der Waals surface area contributed by atoms with E-state index in [2.05, 4.69) is 278 Å². The standard InChI is InChI=1S/C67H45NO/c1-5-17-46(18-6-1)47-31-33-48(34-32-47)49-35-40-55(41-36-49)68(56-42-37-50(38-43-56)52-39-44-64-60(45-52)58-27-15-26-57(66(58)69-64)51-19-7-2-8-20-51)63-30-16-29-62-65(63)59-25-13-14-28-61(59)67(62,53-21-9-3-10-22-53)54-23-11-4-12-24-54/h1-45H. The molecule has 13 rings (SSSR count). The summed E-state index contributed by atoms with van der Waals surface area (Å²) < 4.78 is 6.56. The Labute approximate surface area is 402 Å². The Hall–Kier alpha value is -8.98. The summed E-state index contributed by atoms with van der Waals surface area (Å²) >= 11 is 0. The van der Waals surface area contributed by atoms with Gasteiger partial charge in [-0.05, 0) is 109 Å². The van der Waals surface area contributed by atoms with Gasteiger partial charge >= 0.3 is 0 Å². The predicted molar refractivity (Wildman–Crippen MR) is 287 cm³/mol. The van der Waals surface area contributed by atoms with E-state index in [1.54, 1.807) is 0 Å². The van der Waals surface area contributed by atoms with E-state index in [-0.39, 0.29) is 0 Å². The van der Waals surface area contributed by atoms with Crippen molar-refractivity contribution in [3.63, 3.8) is 0 Å². The number of hydrogen-bond donors (Lipinski definition) is 0. The third-order valence-electron chi connectivity index (χ3n) is 14.2. The highest BCUT2D eigenvalue weighted by molar-refractivity contribution is 6.10. The maximum absolute atomic E-state index is 6.56. The first-order chi connectivity index (χ1) is 34.2. The molecule has 1 aliphatic rings. The fourth-order valence-corrected chi connectivity index (χ4v) is 11.0. The number of anilines is 3. The minimum Gasteiger partial charge on any atom is -0.455 e. The van der Waals surface area contributed by atoms with Crippen LogP contribution in [0.5, 0.6) is 0 Å². The number of hydrogen-bond acceptors (Lipinski definition) is 2. The molecule has 0 amide bonds. The van der Waals surface area contributed by atoms with Crippen molar-refractivity contribution in [1.29, 1.82) is 0 Å². The molecule has 0 N–H and O–H groups in total. The molecule has 1 aliphatic carbocycles. The number of benzene rings is 11. The average Bonchev–Trinajstić information content (AvgIpc) is 3.96. The van der Waals surface area contributed by atoms with Gasteiger partial charge in [-0.1, -0.05) is 231 Å². The van der Waals surface area contributed by atoms with E-state index in [1.807, 2.05) is 0 Å². The second-order valence-corrected chi connectivity index (χ2v) is 18.0. The lowest BCUT2D eigenvalue weighted by molar-refractivity contribution is 0.670. The van der Waals surface area contributed by atoms with Crippen LogP contribution in [0.25, 0.3) is 77.6 Å². The van der Waals surface area contributed by atoms with Gasteiger partial charge in [0.05, 0.1) is 11.1 Å². The van der Waals surface area contributed by atoms with Crippen molar-refractivity contribution < 1.29 is 4.42 Å². The highest BCUT2D eigenvalue weighted by atomic mass is 16.3. The lowest BCUT2D eigenvalue weighted by Crippen LogP contribution is -2.28. The van der Waals surface area contributed by atoms with Crippen LogP contribution in [0.3, 0.4) is 0 Å². The predicted octanol–water partition coefficient (Wildman–Crippen LogP) is 18.1. The summed E-state index contributed by atoms with van der Waals surface area (Å²) in [6, 6.07) is 99.1. The van der Waals surface area contributed by atoms with Crippen LogP contribution < -0.4 is 4.90 Å². The van der Waals surface area contributed by atoms with E-state index in [9.17, 15) is 0 Å². The highest BCUT2D eigenvalue weighted by Gasteiger charge is 2.47. The van der Waals surface area contributed by atoms with Crippen molar-refractivity contribution in [2.45, 2.75) is 5.41 Å². The number of fused-ring (bicyclic) bond motifs is 6. The smallest absolute Gasteiger partial charge is 0.143 e. The van der Waals surface area contributed by atoms with Crippen molar-refractivity contribution >= 4 is 39.0 Å². The Morgan fingerprint density at radius 1 is 0.304 bits per heavy atom. The summed E-state index contributed by atoms with van der Waals surface area (Å²) in [7, 11) is 0. The minimum atomic E-state index is -0.520. The van der Waals surface area contributed by atoms with Crippen LogP contribution in [0.1, 0.15) is 22.3 Å². The molecule has 69 heavy (non-hydrogen) atoms. The van der Waals surface area contributed by atoms with Gasteiger partial charge in [-0.2, -0.15) is 0 Å². The first-order valence-electron chi connectivity index (χ1n) is 23.7. The minimum absolute atomic E-state index is 0.520. The zero-order valence-electron chi connectivity index (χ0n) is 37.8. The third-order valence-corrected chi connectivity index (χ3v) is 14.2. The topological polar surface area (TPSA) is 16.4 Å². The molecule has 0 radical (unpaired) electrons. The number of rotatable bonds is 9. The van der Waals surface area contributed by atoms with E-state index >= 15 is 0 Å². The van der Waals surface area contributed by atoms with Gasteiger partial charge in [-0.3, -0.25) is 0 Å². The second kappa shape index (κ2) is 16.7. The number of furan rings is 1. The molecule has 0 saturated carbocycles. The first-order valence-corrected chi connectivity index (χ1v) is 23.7. The van der Waals surface area contributed by atoms with Crippen molar-refractivity contribution in [3.8, 4) is 55.6 Å². The van der Waals surface area contributed by atoms with E-state index in [0.29, 0.717) is 0 Å². The number of para-hydroxylation sites is 1. The van der Waals surface area contributed by atoms with Crippen molar-refractivity contribution in [2.75, 3.05) is 4.90 Å². The molecule has 0 aliphatic heterocycles. The molecule has 0 spiro atoms. The van der Waals surface area contributed by atoms with Gasteiger partial charge in [-0.25, -0.2) is 0 Å². The molecule has 1 heterocycles. The van der Waals surface area contributed by atoms with Gasteiger partial charge in [-0.15, -0.1) is 0 Å². The Morgan fingerprint density at radius 2 is 0.754 bits per heavy atom. The third kappa shape index (κ3) is 6.72. The van der Waals surface area contributed by atoms with E-state index in [0.717, 1.165) is 61.3 Å². The maximum Gasteiger partial charge on any atom is 0.143 e. The summed E-state index contributed by atoms with van der Waals surface area (Å²) in [5.74, 6) is 0. The summed E-state index contributed by atoms with van der Waals surface area (Å²) in [6.45, 7) is 0. The highest BCUT2D eigenvalue weighted by Crippen LogP contribution is 2.59. The molecule has 324 valence electrons. The number of nitrogens with zero attached hydrogens (tertiary/aromatic N) is 1. The van der Waals surface area contributed by atoms with Crippen LogP contribution in [0, 0.1) is 0 Å². The van der Waals surface area contributed by atoms with E-state index in [4.69, 9.17) is 4.42 Å². The summed E-state index contributed by atoms with van der Waals surface area (Å²) in [6.07, 6.45) is 0. The summed E-state index contributed by atoms with van der Waals surface area (Å²) in [5, 5.41) is 2.23. The van der Waals surface area contributed by atoms with Gasteiger partial charge in [0.2, 0.25) is 0 Å². The van der Waals surface area contributed by atoms with E-state index < -0.39 is 5.41 Å². The first kappa shape index (κ1) is 40.3. The van der Waals surface area contributed by atoms with Crippen LogP contribution >= 0.6 is 0 Å². The Balaban J connectivity index is 0.954. The van der Waals surface area contributed by atoms with Crippen molar-refractivity contribution in [3.05, 3.63) is 295 Å². The van der Waals surface area contributed by atoms with Crippen LogP contribution in [0.15, 0.2) is 277 Å². The molecular weight excluding hydrogens is 835 g/mol. The molecule has 0 unspecified atom stereocenters. The van der Waals surface area contributed by atoms with Crippen LogP contribution in [-0.2, 0) is 5.41 Å². The van der Waals surface area contributed by atoms with Gasteiger partial charge in [0.1, 0.15) is 11.2 Å². The molecule has 2 nitrogen and oxygen atoms in total. The Bertz CT molecular complexity index is 3740. The van der Waals surface area contributed by atoms with Crippen LogP contribution in [-0.4, -0.2) is 0 Å². The second-order valence-electron chi connectivity index (χ2n) is 18.0. The zero-order chi connectivity index (χ0) is 45.7. The van der Waals surface area contributed by atoms with Gasteiger partial charge < -0.3 is 9.32 Å². The van der Waals surface area contributed by atoms with Crippen molar-refractivity contribution in [2.24, 2.45) is 0 Å². The van der Waals surface area contributed by atoms with Crippen LogP contribution in [0.4, 0.5) is 17.1 Å². The van der Waals surface area contributed by atoms with Gasteiger partial charge in [0.25, 0.3) is 0 Å². The Morgan fingerprint density at radius 3 is 1.36 bits per heavy atom. The monoisotopic (exact) mass is 879 g/mol. The lowest BCUT2D eigenvalue weighted by atomic mass is 9.68. The molecule has 0 atom stereocenters. The quantitative estimate of drug-likeness (QED) is 0.144. The normalized spacial score (nSPS) is 12.5. The molecule has 12 aromatic rings. The average molecular weight is 880 g/mol. The molecule has 1 aromatic heterocycles. The van der Waals surface area contributed by atoms with Gasteiger partial charge in [0.15, 0.2) is 0 Å². The molecular formula is C67H45NO. The van der Waals surface area contributed by atoms with Crippen LogP contribution in [0.2, 0.25) is 0 Å². The van der Waals surface area contributed by atoms with Gasteiger partial charge in [0, 0.05) is 33.3 Å². The maximum atomic E-state index is 6.56. The SMILES string of the molecule is c1ccc(-c2ccc(-c3ccc(N(c4ccc(-c5ccc6oc7c(-c8ccccc8)cccc7c6c5)cc4)c4cccc5c4-c4ccccc4C5(c4ccccc4)c4ccccc4)cc3)cc2)cc1. The van der Waals surface area contributed by atoms with Crippen molar-refractivity contribution in [1.82, 2.24) is 0 Å². The Kier molecular flexibility index (Phi) is 9.77. The summed E-state index contributed by atoms with van der Waals surface area (Å²) in [5.41, 5.74) is 21.4. The fraction of sp³-hybridized carbons (Fsp3) is 0.0149. The lowest BCUT2D eigenvalue weighted by Gasteiger charge is -2.34. The van der Waals surface area contributed by atoms with E-state index in [1.165, 1.54) is 55.6 Å². The zero-order valence-corrected chi connectivity index (χ0v) is 37.8. The fourth-order valence-electron chi connectivity index (χ4n) is 11.0. The molecule has 11 aromatic carbocycles. The molecule has 2 heteroatoms. The molecule has 0 fully saturated rings. The summed E-state index contributed by atoms with van der Waals surface area (Å²) in [4.78, 5) is 2.45. The molecule has 0 saturated heterocycles.